The summed E-state index contributed by atoms with van der Waals surface area (Å²) >= 11 is 6.28. The number of unbranched alkanes of at least 4 members (excludes halogenated alkanes) is 1. The first kappa shape index (κ1) is 18.7. The normalized spacial score (nSPS) is 13.4. The maximum atomic E-state index is 13.2. The van der Waals surface area contributed by atoms with Crippen molar-refractivity contribution in [3.8, 4) is 0 Å². The van der Waals surface area contributed by atoms with Gasteiger partial charge in [-0.25, -0.2) is 0 Å². The fourth-order valence-electron chi connectivity index (χ4n) is 3.32. The summed E-state index contributed by atoms with van der Waals surface area (Å²) in [5.41, 5.74) is 8.92. The van der Waals surface area contributed by atoms with Gasteiger partial charge in [0.05, 0.1) is 22.6 Å². The van der Waals surface area contributed by atoms with E-state index in [1.807, 2.05) is 36.4 Å². The van der Waals surface area contributed by atoms with Gasteiger partial charge in [-0.2, -0.15) is 0 Å². The molecule has 1 aliphatic heterocycles. The first-order valence-corrected chi connectivity index (χ1v) is 9.34. The Morgan fingerprint density at radius 2 is 1.69 bits per heavy atom. The molecule has 1 amide bonds. The van der Waals surface area contributed by atoms with Crippen molar-refractivity contribution < 1.29 is 9.90 Å². The molecule has 0 spiro atoms. The van der Waals surface area contributed by atoms with Crippen LogP contribution in [0.5, 0.6) is 0 Å². The highest BCUT2D eigenvalue weighted by Crippen LogP contribution is 2.42. The van der Waals surface area contributed by atoms with E-state index in [4.69, 9.17) is 17.3 Å². The summed E-state index contributed by atoms with van der Waals surface area (Å²) in [6.45, 7) is 1.88. The molecule has 0 atom stereocenters. The molecule has 2 aromatic rings. The number of hydrogen-bond donors (Lipinski definition) is 2. The van der Waals surface area contributed by atoms with E-state index in [0.717, 1.165) is 36.4 Å². The molecule has 3 N–H and O–H groups in total. The Kier molecular flexibility index (Phi) is 6.14. The van der Waals surface area contributed by atoms with Gasteiger partial charge < -0.3 is 20.6 Å². The van der Waals surface area contributed by atoms with Crippen molar-refractivity contribution in [1.29, 1.82) is 0 Å². The molecule has 0 saturated carbocycles. The zero-order chi connectivity index (χ0) is 18.5. The summed E-state index contributed by atoms with van der Waals surface area (Å²) in [6, 6.07) is 13.2. The highest BCUT2D eigenvalue weighted by Gasteiger charge is 2.30. The topological polar surface area (TPSA) is 69.8 Å². The average molecular weight is 374 g/mol. The van der Waals surface area contributed by atoms with Crippen LogP contribution in [-0.2, 0) is 0 Å². The number of nitrogens with two attached hydrogens (primary N) is 1. The molecule has 138 valence electrons. The predicted molar refractivity (Wildman–Crippen MR) is 107 cm³/mol. The van der Waals surface area contributed by atoms with E-state index in [9.17, 15) is 9.90 Å². The summed E-state index contributed by atoms with van der Waals surface area (Å²) in [5, 5.41) is 9.88. The second-order valence-electron chi connectivity index (χ2n) is 6.33. The summed E-state index contributed by atoms with van der Waals surface area (Å²) in [7, 11) is 0. The number of fused-ring (bicyclic) bond motifs is 2. The molecule has 0 fully saturated rings. The fourth-order valence-corrected chi connectivity index (χ4v) is 3.49. The first-order chi connectivity index (χ1) is 12.7. The Morgan fingerprint density at radius 3 is 2.46 bits per heavy atom. The van der Waals surface area contributed by atoms with Crippen molar-refractivity contribution >= 4 is 34.6 Å². The summed E-state index contributed by atoms with van der Waals surface area (Å²) in [5.74, 6) is -0.0565. The van der Waals surface area contributed by atoms with E-state index >= 15 is 0 Å². The lowest BCUT2D eigenvalue weighted by molar-refractivity contribution is 0.0986. The van der Waals surface area contributed by atoms with Crippen LogP contribution in [0.3, 0.4) is 0 Å². The second kappa shape index (κ2) is 8.54. The lowest BCUT2D eigenvalue weighted by Crippen LogP contribution is -2.31. The van der Waals surface area contributed by atoms with E-state index in [2.05, 4.69) is 4.90 Å². The van der Waals surface area contributed by atoms with E-state index < -0.39 is 0 Å². The third-order valence-corrected chi connectivity index (χ3v) is 4.80. The zero-order valence-corrected chi connectivity index (χ0v) is 15.5. The van der Waals surface area contributed by atoms with Crippen molar-refractivity contribution in [1.82, 2.24) is 0 Å². The van der Waals surface area contributed by atoms with Crippen LogP contribution in [0.25, 0.3) is 0 Å². The zero-order valence-electron chi connectivity index (χ0n) is 14.7. The van der Waals surface area contributed by atoms with Crippen LogP contribution in [0, 0.1) is 0 Å². The van der Waals surface area contributed by atoms with Gasteiger partial charge in [0.15, 0.2) is 0 Å². The minimum absolute atomic E-state index is 0.0363. The second-order valence-corrected chi connectivity index (χ2v) is 6.77. The number of carbonyl (C=O) groups is 1. The van der Waals surface area contributed by atoms with Gasteiger partial charge in [0.2, 0.25) is 0 Å². The molecule has 0 aromatic heterocycles. The van der Waals surface area contributed by atoms with Crippen molar-refractivity contribution in [2.24, 2.45) is 5.73 Å². The number of rotatable bonds is 7. The van der Waals surface area contributed by atoms with Gasteiger partial charge in [-0.1, -0.05) is 23.7 Å². The largest absolute Gasteiger partial charge is 0.396 e. The highest BCUT2D eigenvalue weighted by atomic mass is 35.5. The van der Waals surface area contributed by atoms with Crippen molar-refractivity contribution in [2.75, 3.05) is 36.0 Å². The molecule has 0 saturated heterocycles. The molecule has 26 heavy (non-hydrogen) atoms. The molecular formula is C20H24ClN3O2. The number of aliphatic hydroxyl groups excluding tert-OH is 1. The molecule has 3 rings (SSSR count). The van der Waals surface area contributed by atoms with Crippen molar-refractivity contribution in [3.63, 3.8) is 0 Å². The van der Waals surface area contributed by atoms with Gasteiger partial charge in [-0.15, -0.1) is 0 Å². The van der Waals surface area contributed by atoms with Crippen LogP contribution in [-0.4, -0.2) is 37.3 Å². The van der Waals surface area contributed by atoms with Crippen LogP contribution < -0.4 is 15.5 Å². The van der Waals surface area contributed by atoms with Gasteiger partial charge >= 0.3 is 0 Å². The van der Waals surface area contributed by atoms with E-state index in [1.165, 1.54) is 0 Å². The number of nitrogens with zero attached hydrogens (tertiary/aromatic N) is 2. The lowest BCUT2D eigenvalue weighted by atomic mass is 10.1. The molecule has 0 aliphatic carbocycles. The van der Waals surface area contributed by atoms with Crippen molar-refractivity contribution in [2.45, 2.75) is 19.3 Å². The number of hydrogen-bond acceptors (Lipinski definition) is 4. The SMILES string of the molecule is NCCCCN1c2ccccc2C(=O)N(CCCO)c2ccc(Cl)cc21. The molecule has 0 unspecified atom stereocenters. The van der Waals surface area contributed by atoms with Crippen LogP contribution in [0.4, 0.5) is 17.1 Å². The number of aliphatic hydroxyl groups is 1. The Labute approximate surface area is 159 Å². The number of halogens is 1. The number of carbonyl (C=O) groups excluding carboxylic acids is 1. The Balaban J connectivity index is 2.14. The number of amides is 1. The van der Waals surface area contributed by atoms with Gasteiger partial charge in [0.25, 0.3) is 5.91 Å². The van der Waals surface area contributed by atoms with Crippen LogP contribution in [0.1, 0.15) is 29.6 Å². The third-order valence-electron chi connectivity index (χ3n) is 4.57. The van der Waals surface area contributed by atoms with E-state index in [0.29, 0.717) is 30.1 Å². The van der Waals surface area contributed by atoms with Gasteiger partial charge in [0.1, 0.15) is 0 Å². The minimum atomic E-state index is -0.0565. The van der Waals surface area contributed by atoms with Gasteiger partial charge in [-0.3, -0.25) is 4.79 Å². The summed E-state index contributed by atoms with van der Waals surface area (Å²) in [4.78, 5) is 17.1. The highest BCUT2D eigenvalue weighted by molar-refractivity contribution is 6.31. The quantitative estimate of drug-likeness (QED) is 0.728. The van der Waals surface area contributed by atoms with E-state index in [-0.39, 0.29) is 12.5 Å². The standard InChI is InChI=1S/C20H24ClN3O2/c21-15-8-9-18-19(14-15)23(11-4-3-10-22)17-7-2-1-6-16(17)20(26)24(18)12-5-13-25/h1-2,6-9,14,25H,3-5,10-13,22H2. The first-order valence-electron chi connectivity index (χ1n) is 8.96. The van der Waals surface area contributed by atoms with Crippen molar-refractivity contribution in [3.05, 3.63) is 53.1 Å². The molecular weight excluding hydrogens is 350 g/mol. The Hall–Kier alpha value is -2.08. The molecule has 0 bridgehead atoms. The summed E-state index contributed by atoms with van der Waals surface area (Å²) in [6.07, 6.45) is 2.35. The molecule has 1 aliphatic rings. The smallest absolute Gasteiger partial charge is 0.260 e. The number of para-hydroxylation sites is 1. The minimum Gasteiger partial charge on any atom is -0.396 e. The number of anilines is 3. The van der Waals surface area contributed by atoms with Crippen LogP contribution in [0.15, 0.2) is 42.5 Å². The van der Waals surface area contributed by atoms with Crippen LogP contribution in [0.2, 0.25) is 5.02 Å². The lowest BCUT2D eigenvalue weighted by Gasteiger charge is -2.27. The van der Waals surface area contributed by atoms with Gasteiger partial charge in [0, 0.05) is 24.7 Å². The predicted octanol–water partition coefficient (Wildman–Crippen LogP) is 3.56. The summed E-state index contributed by atoms with van der Waals surface area (Å²) < 4.78 is 0. The maximum absolute atomic E-state index is 13.2. The molecule has 1 heterocycles. The fraction of sp³-hybridized carbons (Fsp3) is 0.350. The Morgan fingerprint density at radius 1 is 0.923 bits per heavy atom. The molecule has 5 nitrogen and oxygen atoms in total. The third kappa shape index (κ3) is 3.70. The molecule has 6 heteroatoms. The monoisotopic (exact) mass is 373 g/mol. The molecule has 0 radical (unpaired) electrons. The molecule has 2 aromatic carbocycles. The number of benzene rings is 2. The van der Waals surface area contributed by atoms with Gasteiger partial charge in [-0.05, 0) is 56.1 Å². The van der Waals surface area contributed by atoms with E-state index in [1.54, 1.807) is 11.0 Å². The Bertz CT molecular complexity index is 781. The van der Waals surface area contributed by atoms with Crippen LogP contribution >= 0.6 is 11.6 Å². The average Bonchev–Trinajstić information content (AvgIpc) is 2.74. The maximum Gasteiger partial charge on any atom is 0.260 e.